The van der Waals surface area contributed by atoms with E-state index in [4.69, 9.17) is 5.41 Å². The smallest absolute Gasteiger partial charge is 0.283 e. The van der Waals surface area contributed by atoms with Gasteiger partial charge in [-0.2, -0.15) is 15.1 Å². The van der Waals surface area contributed by atoms with Crippen LogP contribution in [0.25, 0.3) is 11.8 Å². The lowest BCUT2D eigenvalue weighted by Crippen LogP contribution is -2.35. The van der Waals surface area contributed by atoms with Crippen molar-refractivity contribution in [2.24, 2.45) is 10.1 Å². The van der Waals surface area contributed by atoms with Crippen LogP contribution in [-0.2, 0) is 4.79 Å². The number of benzene rings is 2. The van der Waals surface area contributed by atoms with Crippen LogP contribution in [0.3, 0.4) is 0 Å². The first-order valence-electron chi connectivity index (χ1n) is 10.0. The largest absolute Gasteiger partial charge is 0.315 e. The molecule has 3 aromatic rings. The molecule has 0 spiro atoms. The van der Waals surface area contributed by atoms with Gasteiger partial charge in [0.05, 0.1) is 11.3 Å². The number of aliphatic imine (C=N–C) groups is 1. The molecule has 0 bridgehead atoms. The number of halogens is 2. The fourth-order valence-electron chi connectivity index (χ4n) is 3.79. The summed E-state index contributed by atoms with van der Waals surface area (Å²) in [7, 11) is 0. The quantitative estimate of drug-likeness (QED) is 0.556. The number of aromatic nitrogens is 1. The van der Waals surface area contributed by atoms with Gasteiger partial charge in [-0.15, -0.1) is 0 Å². The van der Waals surface area contributed by atoms with Crippen molar-refractivity contribution >= 4 is 39.8 Å². The molecule has 0 radical (unpaired) electrons. The molecule has 0 unspecified atom stereocenters. The van der Waals surface area contributed by atoms with Gasteiger partial charge in [0.25, 0.3) is 5.91 Å². The van der Waals surface area contributed by atoms with Crippen LogP contribution >= 0.6 is 11.8 Å². The zero-order valence-corrected chi connectivity index (χ0v) is 18.5. The van der Waals surface area contributed by atoms with Crippen molar-refractivity contribution < 1.29 is 13.6 Å². The van der Waals surface area contributed by atoms with Gasteiger partial charge in [0.15, 0.2) is 5.84 Å². The number of carbonyl (C=O) groups is 1. The van der Waals surface area contributed by atoms with E-state index in [9.17, 15) is 13.6 Å². The van der Waals surface area contributed by atoms with Crippen LogP contribution in [0.4, 0.5) is 8.78 Å². The molecule has 164 valence electrons. The highest BCUT2D eigenvalue weighted by molar-refractivity contribution is 8.27. The van der Waals surface area contributed by atoms with Gasteiger partial charge in [0.1, 0.15) is 16.7 Å². The van der Waals surface area contributed by atoms with E-state index in [0.29, 0.717) is 21.9 Å². The molecule has 1 N–H and O–H groups in total. The van der Waals surface area contributed by atoms with E-state index in [1.165, 1.54) is 23.2 Å². The van der Waals surface area contributed by atoms with E-state index >= 15 is 0 Å². The topological polar surface area (TPSA) is 73.8 Å². The first-order valence-corrected chi connectivity index (χ1v) is 10.8. The predicted octanol–water partition coefficient (Wildman–Crippen LogP) is 5.04. The Balaban J connectivity index is 1.52. The van der Waals surface area contributed by atoms with Crippen molar-refractivity contribution in [3.05, 3.63) is 94.3 Å². The summed E-state index contributed by atoms with van der Waals surface area (Å²) in [5.41, 5.74) is 3.35. The molecule has 9 heteroatoms. The summed E-state index contributed by atoms with van der Waals surface area (Å²) in [6.07, 6.45) is 1.58. The molecule has 1 aromatic heterocycles. The minimum Gasteiger partial charge on any atom is -0.315 e. The number of aryl methyl sites for hydroxylation is 1. The van der Waals surface area contributed by atoms with Gasteiger partial charge in [-0.1, -0.05) is 12.1 Å². The third kappa shape index (κ3) is 3.60. The Kier molecular flexibility index (Phi) is 5.05. The van der Waals surface area contributed by atoms with Crippen LogP contribution in [0.5, 0.6) is 0 Å². The Hall–Kier alpha value is -3.85. The van der Waals surface area contributed by atoms with Crippen LogP contribution in [-0.4, -0.2) is 31.5 Å². The van der Waals surface area contributed by atoms with Gasteiger partial charge in [0.2, 0.25) is 5.17 Å². The summed E-state index contributed by atoms with van der Waals surface area (Å²) in [5, 5.41) is 15.1. The van der Waals surface area contributed by atoms with Gasteiger partial charge >= 0.3 is 0 Å². The SMILES string of the molecule is Cc1cc(/C=C2\C(=N)N3N=C(c4ccc(F)cc4)SC3=NC2=O)c(C)n1-c1ccccc1F. The number of para-hydroxylation sites is 1. The van der Waals surface area contributed by atoms with Crippen molar-refractivity contribution in [3.8, 4) is 5.69 Å². The standard InChI is InChI=1S/C24H17F2N5OS/c1-13-11-16(14(2)30(13)20-6-4-3-5-19(20)26)12-18-21(27)31-24(28-22(18)32)33-23(29-31)15-7-9-17(25)10-8-15/h3-12,27H,1-2H3/b18-12+,27-21?. The maximum Gasteiger partial charge on any atom is 0.283 e. The second kappa shape index (κ2) is 7.93. The Morgan fingerprint density at radius 1 is 1.06 bits per heavy atom. The first-order chi connectivity index (χ1) is 15.8. The number of nitrogens with one attached hydrogen (secondary N) is 1. The van der Waals surface area contributed by atoms with Crippen LogP contribution < -0.4 is 0 Å². The van der Waals surface area contributed by atoms with Gasteiger partial charge < -0.3 is 4.57 Å². The average Bonchev–Trinajstić information content (AvgIpc) is 3.33. The minimum atomic E-state index is -0.551. The third-order valence-electron chi connectivity index (χ3n) is 5.41. The molecule has 0 saturated carbocycles. The maximum absolute atomic E-state index is 14.4. The number of amides is 1. The zero-order valence-electron chi connectivity index (χ0n) is 17.6. The number of fused-ring (bicyclic) bond motifs is 1. The van der Waals surface area contributed by atoms with Crippen LogP contribution in [0.1, 0.15) is 22.5 Å². The summed E-state index contributed by atoms with van der Waals surface area (Å²) < 4.78 is 29.4. The Bertz CT molecular complexity index is 1420. The third-order valence-corrected chi connectivity index (χ3v) is 6.37. The van der Waals surface area contributed by atoms with Gasteiger partial charge in [-0.25, -0.2) is 8.78 Å². The fourth-order valence-corrected chi connectivity index (χ4v) is 4.69. The summed E-state index contributed by atoms with van der Waals surface area (Å²) in [6, 6.07) is 14.1. The number of hydrogen-bond donors (Lipinski definition) is 1. The van der Waals surface area contributed by atoms with Crippen molar-refractivity contribution in [2.45, 2.75) is 13.8 Å². The Labute approximate surface area is 192 Å². The summed E-state index contributed by atoms with van der Waals surface area (Å²) in [4.78, 5) is 16.9. The van der Waals surface area contributed by atoms with E-state index in [0.717, 1.165) is 23.1 Å². The molecule has 5 rings (SSSR count). The van der Waals surface area contributed by atoms with Crippen LogP contribution in [0.2, 0.25) is 0 Å². The molecule has 3 heterocycles. The number of hydrogen-bond acceptors (Lipinski definition) is 4. The molecule has 2 aliphatic rings. The van der Waals surface area contributed by atoms with E-state index in [1.54, 1.807) is 41.0 Å². The van der Waals surface area contributed by atoms with Crippen molar-refractivity contribution in [1.29, 1.82) is 5.41 Å². The lowest BCUT2D eigenvalue weighted by Gasteiger charge is -2.20. The zero-order chi connectivity index (χ0) is 23.3. The maximum atomic E-state index is 14.4. The lowest BCUT2D eigenvalue weighted by atomic mass is 10.1. The van der Waals surface area contributed by atoms with Crippen molar-refractivity contribution in [1.82, 2.24) is 9.58 Å². The van der Waals surface area contributed by atoms with E-state index in [-0.39, 0.29) is 28.2 Å². The minimum absolute atomic E-state index is 0.0808. The van der Waals surface area contributed by atoms with Gasteiger partial charge in [-0.05, 0) is 79.7 Å². The van der Waals surface area contributed by atoms with E-state index < -0.39 is 5.91 Å². The summed E-state index contributed by atoms with van der Waals surface area (Å²) in [6.45, 7) is 3.68. The number of rotatable bonds is 3. The van der Waals surface area contributed by atoms with Gasteiger partial charge in [0, 0.05) is 17.0 Å². The Morgan fingerprint density at radius 3 is 2.52 bits per heavy atom. The van der Waals surface area contributed by atoms with Gasteiger partial charge in [-0.3, -0.25) is 10.2 Å². The molecule has 33 heavy (non-hydrogen) atoms. The molecule has 6 nitrogen and oxygen atoms in total. The first kappa shape index (κ1) is 21.0. The fraction of sp³-hybridized carbons (Fsp3) is 0.0833. The highest BCUT2D eigenvalue weighted by Crippen LogP contribution is 2.32. The Morgan fingerprint density at radius 2 is 1.79 bits per heavy atom. The lowest BCUT2D eigenvalue weighted by molar-refractivity contribution is -0.114. The monoisotopic (exact) mass is 461 g/mol. The van der Waals surface area contributed by atoms with Crippen LogP contribution in [0, 0.1) is 30.9 Å². The average molecular weight is 461 g/mol. The highest BCUT2D eigenvalue weighted by Gasteiger charge is 2.36. The second-order valence-corrected chi connectivity index (χ2v) is 8.50. The molecule has 0 aliphatic carbocycles. The predicted molar refractivity (Wildman–Crippen MR) is 126 cm³/mol. The molecule has 0 atom stereocenters. The number of hydrazone groups is 1. The number of carbonyl (C=O) groups excluding carboxylic acids is 1. The number of nitrogens with zero attached hydrogens (tertiary/aromatic N) is 4. The molecule has 2 aromatic carbocycles. The molecular formula is C24H17F2N5OS. The molecule has 1 amide bonds. The van der Waals surface area contributed by atoms with Crippen LogP contribution in [0.15, 0.2) is 70.3 Å². The normalized spacial score (nSPS) is 16.8. The number of thioether (sulfide) groups is 1. The molecule has 0 fully saturated rings. The van der Waals surface area contributed by atoms with E-state index in [1.807, 2.05) is 19.9 Å². The molecule has 0 saturated heterocycles. The van der Waals surface area contributed by atoms with Crippen molar-refractivity contribution in [2.75, 3.05) is 0 Å². The molecule has 2 aliphatic heterocycles. The number of amidine groups is 2. The van der Waals surface area contributed by atoms with Crippen molar-refractivity contribution in [3.63, 3.8) is 0 Å². The summed E-state index contributed by atoms with van der Waals surface area (Å²) in [5.74, 6) is -1.38. The second-order valence-electron chi connectivity index (χ2n) is 7.55. The summed E-state index contributed by atoms with van der Waals surface area (Å²) >= 11 is 1.15. The van der Waals surface area contributed by atoms with E-state index in [2.05, 4.69) is 10.1 Å². The molecular weight excluding hydrogens is 444 g/mol. The highest BCUT2D eigenvalue weighted by atomic mass is 32.2.